The maximum Gasteiger partial charge on any atom is 0.329 e. The molecule has 0 atom stereocenters. The molecule has 0 radical (unpaired) electrons. The van der Waals surface area contributed by atoms with Crippen LogP contribution in [0.15, 0.2) is 71.8 Å². The molecule has 6 nitrogen and oxygen atoms in total. The van der Waals surface area contributed by atoms with Crippen molar-refractivity contribution >= 4 is 35.3 Å². The molecule has 0 aliphatic rings. The number of nitrogens with one attached hydrogen (secondary N) is 2. The van der Waals surface area contributed by atoms with Gasteiger partial charge in [0.2, 0.25) is 0 Å². The van der Waals surface area contributed by atoms with E-state index in [1.807, 2.05) is 62.4 Å². The molecule has 3 rings (SSSR count). The molecule has 0 saturated heterocycles. The molecule has 2 N–H and O–H groups in total. The van der Waals surface area contributed by atoms with Crippen LogP contribution in [0.5, 0.6) is 5.75 Å². The fraction of sp³-hybridized carbons (Fsp3) is 0.125. The van der Waals surface area contributed by atoms with Gasteiger partial charge in [0.15, 0.2) is 0 Å². The van der Waals surface area contributed by atoms with Gasteiger partial charge >= 0.3 is 11.8 Å². The van der Waals surface area contributed by atoms with Crippen molar-refractivity contribution in [1.82, 2.24) is 5.43 Å². The van der Waals surface area contributed by atoms with Crippen molar-refractivity contribution in [1.29, 1.82) is 0 Å². The van der Waals surface area contributed by atoms with Crippen LogP contribution in [-0.4, -0.2) is 18.0 Å². The van der Waals surface area contributed by atoms with E-state index in [0.29, 0.717) is 28.6 Å². The summed E-state index contributed by atoms with van der Waals surface area (Å²) in [6.07, 6.45) is 1.44. The van der Waals surface area contributed by atoms with E-state index in [4.69, 9.17) is 16.3 Å². The van der Waals surface area contributed by atoms with E-state index in [9.17, 15) is 9.59 Å². The van der Waals surface area contributed by atoms with Crippen LogP contribution in [0.25, 0.3) is 0 Å². The molecule has 31 heavy (non-hydrogen) atoms. The minimum atomic E-state index is -0.854. The van der Waals surface area contributed by atoms with Crippen LogP contribution in [0.4, 0.5) is 5.69 Å². The maximum absolute atomic E-state index is 12.1. The summed E-state index contributed by atoms with van der Waals surface area (Å²) in [4.78, 5) is 24.1. The van der Waals surface area contributed by atoms with Gasteiger partial charge in [0.1, 0.15) is 12.4 Å². The quantitative estimate of drug-likeness (QED) is 0.336. The van der Waals surface area contributed by atoms with Gasteiger partial charge in [-0.3, -0.25) is 9.59 Å². The molecule has 3 aromatic rings. The molecule has 0 unspecified atom stereocenters. The molecule has 158 valence electrons. The number of hydrogen-bond donors (Lipinski definition) is 2. The van der Waals surface area contributed by atoms with Gasteiger partial charge in [0, 0.05) is 10.7 Å². The van der Waals surface area contributed by atoms with E-state index in [0.717, 1.165) is 16.7 Å². The number of anilines is 1. The Morgan fingerprint density at radius 1 is 1.00 bits per heavy atom. The van der Waals surface area contributed by atoms with Crippen LogP contribution in [0.3, 0.4) is 0 Å². The van der Waals surface area contributed by atoms with Crippen molar-refractivity contribution in [2.24, 2.45) is 5.10 Å². The van der Waals surface area contributed by atoms with Crippen molar-refractivity contribution in [2.45, 2.75) is 20.5 Å². The lowest BCUT2D eigenvalue weighted by Gasteiger charge is -2.09. The number of hydrogen-bond acceptors (Lipinski definition) is 4. The number of aryl methyl sites for hydroxylation is 1. The van der Waals surface area contributed by atoms with E-state index in [1.165, 1.54) is 6.21 Å². The molecule has 0 aliphatic carbocycles. The molecule has 0 spiro atoms. The summed E-state index contributed by atoms with van der Waals surface area (Å²) >= 11 is 5.88. The first kappa shape index (κ1) is 22.1. The van der Waals surface area contributed by atoms with Crippen molar-refractivity contribution in [2.75, 3.05) is 5.32 Å². The highest BCUT2D eigenvalue weighted by Gasteiger charge is 2.14. The van der Waals surface area contributed by atoms with Gasteiger partial charge in [-0.25, -0.2) is 5.43 Å². The monoisotopic (exact) mass is 435 g/mol. The molecule has 2 amide bonds. The van der Waals surface area contributed by atoms with Gasteiger partial charge < -0.3 is 10.1 Å². The third kappa shape index (κ3) is 6.42. The molecule has 0 heterocycles. The summed E-state index contributed by atoms with van der Waals surface area (Å²) in [6.45, 7) is 4.21. The van der Waals surface area contributed by atoms with Crippen LogP contribution >= 0.6 is 11.6 Å². The Balaban J connectivity index is 1.53. The van der Waals surface area contributed by atoms with E-state index < -0.39 is 11.8 Å². The van der Waals surface area contributed by atoms with Gasteiger partial charge in [-0.15, -0.1) is 0 Å². The van der Waals surface area contributed by atoms with E-state index in [-0.39, 0.29) is 0 Å². The maximum atomic E-state index is 12.1. The van der Waals surface area contributed by atoms with Crippen molar-refractivity contribution < 1.29 is 14.3 Å². The first-order valence-corrected chi connectivity index (χ1v) is 9.98. The second kappa shape index (κ2) is 10.4. The lowest BCUT2D eigenvalue weighted by molar-refractivity contribution is -0.136. The molecule has 0 aliphatic heterocycles. The third-order valence-corrected chi connectivity index (χ3v) is 4.87. The smallest absolute Gasteiger partial charge is 0.329 e. The van der Waals surface area contributed by atoms with E-state index in [1.54, 1.807) is 18.2 Å². The van der Waals surface area contributed by atoms with Gasteiger partial charge in [0.25, 0.3) is 0 Å². The molecule has 0 saturated carbocycles. The minimum absolute atomic E-state index is 0.396. The minimum Gasteiger partial charge on any atom is -0.489 e. The molecule has 0 fully saturated rings. The lowest BCUT2D eigenvalue weighted by atomic mass is 10.1. The van der Waals surface area contributed by atoms with Crippen LogP contribution < -0.4 is 15.5 Å². The molecular formula is C24H22ClN3O3. The Labute approximate surface area is 185 Å². The number of halogens is 1. The summed E-state index contributed by atoms with van der Waals surface area (Å²) in [5.74, 6) is -0.990. The number of nitrogens with zero attached hydrogens (tertiary/aromatic N) is 1. The fourth-order valence-corrected chi connectivity index (χ4v) is 2.84. The topological polar surface area (TPSA) is 79.8 Å². The lowest BCUT2D eigenvalue weighted by Crippen LogP contribution is -2.32. The van der Waals surface area contributed by atoms with Crippen LogP contribution in [0.2, 0.25) is 5.02 Å². The fourth-order valence-electron chi connectivity index (χ4n) is 2.71. The third-order valence-electron chi connectivity index (χ3n) is 4.62. The summed E-state index contributed by atoms with van der Waals surface area (Å²) in [7, 11) is 0. The van der Waals surface area contributed by atoms with Gasteiger partial charge in [0.05, 0.1) is 6.21 Å². The van der Waals surface area contributed by atoms with Gasteiger partial charge in [-0.05, 0) is 66.4 Å². The number of carbonyl (C=O) groups excluding carboxylic acids is 2. The predicted molar refractivity (Wildman–Crippen MR) is 123 cm³/mol. The van der Waals surface area contributed by atoms with E-state index in [2.05, 4.69) is 15.8 Å². The number of ether oxygens (including phenoxy) is 1. The van der Waals surface area contributed by atoms with Crippen LogP contribution in [0.1, 0.15) is 22.3 Å². The van der Waals surface area contributed by atoms with Crippen molar-refractivity contribution in [3.63, 3.8) is 0 Å². The Morgan fingerprint density at radius 2 is 1.74 bits per heavy atom. The molecule has 7 heteroatoms. The second-order valence-electron chi connectivity index (χ2n) is 6.89. The van der Waals surface area contributed by atoms with Crippen LogP contribution in [0, 0.1) is 13.8 Å². The summed E-state index contributed by atoms with van der Waals surface area (Å²) < 4.78 is 5.77. The largest absolute Gasteiger partial charge is 0.489 e. The predicted octanol–water partition coefficient (Wildman–Crippen LogP) is 4.62. The zero-order chi connectivity index (χ0) is 22.2. The average molecular weight is 436 g/mol. The van der Waals surface area contributed by atoms with Gasteiger partial charge in [-0.1, -0.05) is 48.0 Å². The zero-order valence-corrected chi connectivity index (χ0v) is 17.9. The van der Waals surface area contributed by atoms with Crippen molar-refractivity contribution in [3.05, 3.63) is 94.0 Å². The highest BCUT2D eigenvalue weighted by Crippen LogP contribution is 2.18. The number of amides is 2. The Hall–Kier alpha value is -3.64. The second-order valence-corrected chi connectivity index (χ2v) is 7.32. The van der Waals surface area contributed by atoms with E-state index >= 15 is 0 Å². The molecule has 3 aromatic carbocycles. The van der Waals surface area contributed by atoms with Crippen LogP contribution in [-0.2, 0) is 16.2 Å². The Kier molecular flexibility index (Phi) is 7.40. The number of rotatable bonds is 6. The molecule has 0 bridgehead atoms. The Morgan fingerprint density at radius 3 is 2.52 bits per heavy atom. The Bertz CT molecular complexity index is 1110. The first-order chi connectivity index (χ1) is 14.9. The summed E-state index contributed by atoms with van der Waals surface area (Å²) in [5.41, 5.74) is 6.46. The molecule has 0 aromatic heterocycles. The zero-order valence-electron chi connectivity index (χ0n) is 17.2. The number of carbonyl (C=O) groups is 2. The highest BCUT2D eigenvalue weighted by atomic mass is 35.5. The number of hydrazone groups is 1. The SMILES string of the molecule is Cc1cccc(NC(=O)C(=O)N/N=C\c2cccc(OCc3ccc(Cl)cc3)c2)c1C. The number of benzene rings is 3. The standard InChI is InChI=1S/C24H22ClN3O3/c1-16-5-3-8-22(17(16)2)27-23(29)24(30)28-26-14-19-6-4-7-21(13-19)31-15-18-9-11-20(25)12-10-18/h3-14H,15H2,1-2H3,(H,27,29)(H,28,30)/b26-14-. The normalized spacial score (nSPS) is 10.7. The van der Waals surface area contributed by atoms with Crippen molar-refractivity contribution in [3.8, 4) is 5.75 Å². The first-order valence-electron chi connectivity index (χ1n) is 9.60. The molecular weight excluding hydrogens is 414 g/mol. The highest BCUT2D eigenvalue weighted by molar-refractivity contribution is 6.39. The summed E-state index contributed by atoms with van der Waals surface area (Å²) in [6, 6.07) is 20.1. The van der Waals surface area contributed by atoms with Gasteiger partial charge in [-0.2, -0.15) is 5.10 Å². The summed E-state index contributed by atoms with van der Waals surface area (Å²) in [5, 5.41) is 7.12. The average Bonchev–Trinajstić information content (AvgIpc) is 2.77.